The summed E-state index contributed by atoms with van der Waals surface area (Å²) >= 11 is 0. The standard InChI is InChI=1S/C18H22FNO4S/c19-14-5-7-15(8-6-14)25(22,23)20-9-1-2-16(20)18(21)24-17-11-12-3-4-13(17)10-12/h5-8,12-13,16-17H,1-4,9-11H2/t12-,13-,16+,17-/m0/s1. The fraction of sp³-hybridized carbons (Fsp3) is 0.611. The van der Waals surface area contributed by atoms with Crippen molar-refractivity contribution in [2.75, 3.05) is 6.54 Å². The zero-order chi connectivity index (χ0) is 17.6. The highest BCUT2D eigenvalue weighted by atomic mass is 32.2. The monoisotopic (exact) mass is 367 g/mol. The van der Waals surface area contributed by atoms with Gasteiger partial charge in [0, 0.05) is 6.54 Å². The zero-order valence-electron chi connectivity index (χ0n) is 13.9. The summed E-state index contributed by atoms with van der Waals surface area (Å²) in [4.78, 5) is 12.6. The Labute approximate surface area is 147 Å². The Bertz CT molecular complexity index is 764. The predicted molar refractivity (Wildman–Crippen MR) is 88.6 cm³/mol. The van der Waals surface area contributed by atoms with Crippen LogP contribution in [0.5, 0.6) is 0 Å². The number of rotatable bonds is 4. The van der Waals surface area contributed by atoms with Crippen LogP contribution in [0.3, 0.4) is 0 Å². The van der Waals surface area contributed by atoms with Gasteiger partial charge >= 0.3 is 5.97 Å². The van der Waals surface area contributed by atoms with Crippen molar-refractivity contribution in [1.82, 2.24) is 4.31 Å². The molecule has 1 aromatic carbocycles. The molecular weight excluding hydrogens is 345 g/mol. The average molecular weight is 367 g/mol. The summed E-state index contributed by atoms with van der Waals surface area (Å²) in [6.07, 6.45) is 5.39. The van der Waals surface area contributed by atoms with Gasteiger partial charge in [0.2, 0.25) is 10.0 Å². The van der Waals surface area contributed by atoms with Gasteiger partial charge in [-0.15, -0.1) is 0 Å². The molecule has 0 aromatic heterocycles. The van der Waals surface area contributed by atoms with Crippen molar-refractivity contribution in [3.05, 3.63) is 30.1 Å². The zero-order valence-corrected chi connectivity index (χ0v) is 14.8. The number of sulfonamides is 1. The van der Waals surface area contributed by atoms with Crippen molar-refractivity contribution in [1.29, 1.82) is 0 Å². The fourth-order valence-corrected chi connectivity index (χ4v) is 6.21. The quantitative estimate of drug-likeness (QED) is 0.768. The number of carbonyl (C=O) groups is 1. The van der Waals surface area contributed by atoms with Gasteiger partial charge in [-0.1, -0.05) is 0 Å². The van der Waals surface area contributed by atoms with E-state index in [0.29, 0.717) is 24.7 Å². The molecule has 2 bridgehead atoms. The minimum atomic E-state index is -3.83. The van der Waals surface area contributed by atoms with Crippen LogP contribution in [0, 0.1) is 17.7 Å². The van der Waals surface area contributed by atoms with Crippen LogP contribution in [0.15, 0.2) is 29.2 Å². The van der Waals surface area contributed by atoms with E-state index < -0.39 is 27.9 Å². The van der Waals surface area contributed by atoms with Gasteiger partial charge in [0.05, 0.1) is 4.90 Å². The largest absolute Gasteiger partial charge is 0.461 e. The molecule has 1 heterocycles. The van der Waals surface area contributed by atoms with Crippen LogP contribution in [0.25, 0.3) is 0 Å². The lowest BCUT2D eigenvalue weighted by molar-refractivity contribution is -0.155. The highest BCUT2D eigenvalue weighted by Gasteiger charge is 2.45. The number of hydrogen-bond acceptors (Lipinski definition) is 4. The number of hydrogen-bond donors (Lipinski definition) is 0. The Balaban J connectivity index is 1.49. The maximum atomic E-state index is 13.1. The first kappa shape index (κ1) is 17.0. The third-order valence-corrected chi connectivity index (χ3v) is 7.76. The average Bonchev–Trinajstić information content (AvgIpc) is 3.31. The molecule has 2 aliphatic carbocycles. The third kappa shape index (κ3) is 3.08. The second kappa shape index (κ2) is 6.36. The summed E-state index contributed by atoms with van der Waals surface area (Å²) in [7, 11) is -3.83. The SMILES string of the molecule is O=C(O[C@H]1C[C@H]2CC[C@H]1C2)[C@H]1CCCN1S(=O)(=O)c1ccc(F)cc1. The molecule has 1 saturated heterocycles. The first-order valence-corrected chi connectivity index (χ1v) is 10.4. The van der Waals surface area contributed by atoms with Crippen molar-refractivity contribution in [3.8, 4) is 0 Å². The van der Waals surface area contributed by atoms with Gasteiger partial charge in [-0.3, -0.25) is 4.79 Å². The lowest BCUT2D eigenvalue weighted by Crippen LogP contribution is -2.43. The smallest absolute Gasteiger partial charge is 0.324 e. The maximum Gasteiger partial charge on any atom is 0.324 e. The summed E-state index contributed by atoms with van der Waals surface area (Å²) in [6.45, 7) is 0.288. The number of ether oxygens (including phenoxy) is 1. The van der Waals surface area contributed by atoms with Crippen LogP contribution < -0.4 is 0 Å². The summed E-state index contributed by atoms with van der Waals surface area (Å²) in [5.74, 6) is 0.177. The molecule has 25 heavy (non-hydrogen) atoms. The van der Waals surface area contributed by atoms with Gasteiger partial charge in [0.1, 0.15) is 18.0 Å². The fourth-order valence-electron chi connectivity index (χ4n) is 4.56. The van der Waals surface area contributed by atoms with E-state index in [9.17, 15) is 17.6 Å². The van der Waals surface area contributed by atoms with E-state index >= 15 is 0 Å². The number of fused-ring (bicyclic) bond motifs is 2. The molecule has 3 aliphatic rings. The number of carbonyl (C=O) groups excluding carboxylic acids is 1. The molecule has 0 radical (unpaired) electrons. The molecular formula is C18H22FNO4S. The molecule has 0 amide bonds. The van der Waals surface area contributed by atoms with Gasteiger partial charge < -0.3 is 4.74 Å². The molecule has 3 fully saturated rings. The third-order valence-electron chi connectivity index (χ3n) is 5.84. The van der Waals surface area contributed by atoms with E-state index in [0.717, 1.165) is 31.4 Å². The summed E-state index contributed by atoms with van der Waals surface area (Å²) in [5, 5.41) is 0. The Morgan fingerprint density at radius 1 is 1.12 bits per heavy atom. The molecule has 4 atom stereocenters. The van der Waals surface area contributed by atoms with Gasteiger partial charge in [-0.05, 0) is 74.6 Å². The lowest BCUT2D eigenvalue weighted by Gasteiger charge is -2.27. The summed E-state index contributed by atoms with van der Waals surface area (Å²) < 4.78 is 45.6. The predicted octanol–water partition coefficient (Wildman–Crippen LogP) is 2.71. The molecule has 0 spiro atoms. The van der Waals surface area contributed by atoms with Crippen LogP contribution >= 0.6 is 0 Å². The Morgan fingerprint density at radius 3 is 2.52 bits per heavy atom. The molecule has 0 unspecified atom stereocenters. The van der Waals surface area contributed by atoms with Crippen LogP contribution in [0.2, 0.25) is 0 Å². The first-order valence-electron chi connectivity index (χ1n) is 8.93. The molecule has 2 saturated carbocycles. The lowest BCUT2D eigenvalue weighted by atomic mass is 9.98. The molecule has 0 N–H and O–H groups in total. The number of halogens is 1. The van der Waals surface area contributed by atoms with Crippen molar-refractivity contribution in [2.24, 2.45) is 11.8 Å². The van der Waals surface area contributed by atoms with E-state index in [1.807, 2.05) is 0 Å². The van der Waals surface area contributed by atoms with E-state index in [1.54, 1.807) is 0 Å². The first-order chi connectivity index (χ1) is 11.9. The second-order valence-corrected chi connectivity index (χ2v) is 9.27. The topological polar surface area (TPSA) is 63.7 Å². The van der Waals surface area contributed by atoms with E-state index in [4.69, 9.17) is 4.74 Å². The van der Waals surface area contributed by atoms with Gasteiger partial charge in [0.15, 0.2) is 0 Å². The van der Waals surface area contributed by atoms with Gasteiger partial charge in [-0.25, -0.2) is 12.8 Å². The van der Waals surface area contributed by atoms with Crippen LogP contribution in [-0.4, -0.2) is 37.4 Å². The summed E-state index contributed by atoms with van der Waals surface area (Å²) in [6, 6.07) is 3.94. The van der Waals surface area contributed by atoms with Crippen LogP contribution in [0.1, 0.15) is 38.5 Å². The highest BCUT2D eigenvalue weighted by molar-refractivity contribution is 7.89. The van der Waals surface area contributed by atoms with Crippen molar-refractivity contribution in [2.45, 2.75) is 55.6 Å². The second-order valence-electron chi connectivity index (χ2n) is 7.38. The highest BCUT2D eigenvalue weighted by Crippen LogP contribution is 2.46. The Hall–Kier alpha value is -1.47. The number of esters is 1. The molecule has 136 valence electrons. The molecule has 5 nitrogen and oxygen atoms in total. The van der Waals surface area contributed by atoms with E-state index in [1.165, 1.54) is 22.9 Å². The number of nitrogens with zero attached hydrogens (tertiary/aromatic N) is 1. The van der Waals surface area contributed by atoms with Crippen molar-refractivity contribution >= 4 is 16.0 Å². The van der Waals surface area contributed by atoms with E-state index in [2.05, 4.69) is 0 Å². The van der Waals surface area contributed by atoms with Crippen molar-refractivity contribution < 1.29 is 22.3 Å². The van der Waals surface area contributed by atoms with Gasteiger partial charge in [-0.2, -0.15) is 4.31 Å². The van der Waals surface area contributed by atoms with E-state index in [-0.39, 0.29) is 17.5 Å². The summed E-state index contributed by atoms with van der Waals surface area (Å²) in [5.41, 5.74) is 0. The molecule has 7 heteroatoms. The van der Waals surface area contributed by atoms with Gasteiger partial charge in [0.25, 0.3) is 0 Å². The molecule has 1 aliphatic heterocycles. The minimum absolute atomic E-state index is 0.00789. The minimum Gasteiger partial charge on any atom is -0.461 e. The molecule has 4 rings (SSSR count). The number of benzene rings is 1. The maximum absolute atomic E-state index is 13.1. The van der Waals surface area contributed by atoms with Crippen molar-refractivity contribution in [3.63, 3.8) is 0 Å². The van der Waals surface area contributed by atoms with Crippen LogP contribution in [0.4, 0.5) is 4.39 Å². The van der Waals surface area contributed by atoms with Crippen LogP contribution in [-0.2, 0) is 19.6 Å². The normalized spacial score (nSPS) is 32.2. The Kier molecular flexibility index (Phi) is 4.32. The molecule has 1 aromatic rings. The Morgan fingerprint density at radius 2 is 1.88 bits per heavy atom.